The average Bonchev–Trinajstić information content (AvgIpc) is 2.80. The predicted molar refractivity (Wildman–Crippen MR) is 59.9 cm³/mol. The zero-order valence-electron chi connectivity index (χ0n) is 9.53. The Balaban J connectivity index is 2.24. The molecule has 1 heterocycles. The summed E-state index contributed by atoms with van der Waals surface area (Å²) in [5.74, 6) is 1.91. The van der Waals surface area contributed by atoms with Crippen LogP contribution in [0.5, 0.6) is 5.75 Å². The maximum atomic E-state index is 5.75. The lowest BCUT2D eigenvalue weighted by Crippen LogP contribution is -2.05. The van der Waals surface area contributed by atoms with Crippen molar-refractivity contribution in [2.45, 2.75) is 19.8 Å². The maximum absolute atomic E-state index is 5.75. The number of hydrogen-bond donors (Lipinski definition) is 1. The van der Waals surface area contributed by atoms with Crippen molar-refractivity contribution in [3.05, 3.63) is 24.0 Å². The van der Waals surface area contributed by atoms with Gasteiger partial charge in [-0.05, 0) is 23.9 Å². The van der Waals surface area contributed by atoms with Crippen LogP contribution >= 0.6 is 0 Å². The van der Waals surface area contributed by atoms with Gasteiger partial charge in [-0.1, -0.05) is 13.8 Å². The fourth-order valence-corrected chi connectivity index (χ4v) is 2.50. The topological polar surface area (TPSA) is 48.1 Å². The highest BCUT2D eigenvalue weighted by molar-refractivity contribution is 5.32. The van der Waals surface area contributed by atoms with E-state index in [0.717, 1.165) is 18.0 Å². The Morgan fingerprint density at radius 3 is 2.80 bits per heavy atom. The molecule has 15 heavy (non-hydrogen) atoms. The Bertz CT molecular complexity index is 362. The molecule has 0 spiro atoms. The van der Waals surface area contributed by atoms with Crippen LogP contribution in [0.25, 0.3) is 0 Å². The van der Waals surface area contributed by atoms with Crippen molar-refractivity contribution in [3.63, 3.8) is 0 Å². The Labute approximate surface area is 90.7 Å². The van der Waals surface area contributed by atoms with Crippen molar-refractivity contribution in [2.24, 2.45) is 17.1 Å². The summed E-state index contributed by atoms with van der Waals surface area (Å²) in [5, 5.41) is 0. The summed E-state index contributed by atoms with van der Waals surface area (Å²) in [6.07, 6.45) is 1.80. The van der Waals surface area contributed by atoms with E-state index in [0.29, 0.717) is 11.8 Å². The van der Waals surface area contributed by atoms with Crippen LogP contribution < -0.4 is 10.5 Å². The molecule has 1 aliphatic rings. The Morgan fingerprint density at radius 1 is 1.53 bits per heavy atom. The maximum Gasteiger partial charge on any atom is 0.122 e. The van der Waals surface area contributed by atoms with Crippen molar-refractivity contribution in [3.8, 4) is 5.75 Å². The standard InChI is InChI=1S/C12H18N2O/c1-12(2)9(7-13)11(12)10-6-8(15-3)4-5-14-10/h4-6,9,11H,7,13H2,1-3H3/t9-,11+/m1/s1. The fraction of sp³-hybridized carbons (Fsp3) is 0.583. The van der Waals surface area contributed by atoms with E-state index in [1.807, 2.05) is 12.1 Å². The van der Waals surface area contributed by atoms with Gasteiger partial charge in [0.2, 0.25) is 0 Å². The summed E-state index contributed by atoms with van der Waals surface area (Å²) in [4.78, 5) is 4.41. The third-order valence-corrected chi connectivity index (χ3v) is 3.61. The van der Waals surface area contributed by atoms with Gasteiger partial charge in [0, 0.05) is 23.9 Å². The molecule has 0 saturated heterocycles. The van der Waals surface area contributed by atoms with Gasteiger partial charge in [-0.3, -0.25) is 4.98 Å². The van der Waals surface area contributed by atoms with E-state index >= 15 is 0 Å². The first-order valence-electron chi connectivity index (χ1n) is 5.31. The van der Waals surface area contributed by atoms with Crippen LogP contribution in [0, 0.1) is 11.3 Å². The number of nitrogens with two attached hydrogens (primary N) is 1. The highest BCUT2D eigenvalue weighted by Crippen LogP contribution is 2.63. The molecule has 1 aromatic heterocycles. The molecule has 1 fully saturated rings. The van der Waals surface area contributed by atoms with Crippen molar-refractivity contribution >= 4 is 0 Å². The molecular formula is C12H18N2O. The minimum atomic E-state index is 0.286. The quantitative estimate of drug-likeness (QED) is 0.820. The number of aromatic nitrogens is 1. The third kappa shape index (κ3) is 1.61. The highest BCUT2D eigenvalue weighted by atomic mass is 16.5. The first-order valence-corrected chi connectivity index (χ1v) is 5.31. The first-order chi connectivity index (χ1) is 7.11. The molecule has 2 atom stereocenters. The van der Waals surface area contributed by atoms with E-state index in [-0.39, 0.29) is 5.41 Å². The van der Waals surface area contributed by atoms with Gasteiger partial charge < -0.3 is 10.5 Å². The van der Waals surface area contributed by atoms with Crippen LogP contribution in [0.3, 0.4) is 0 Å². The van der Waals surface area contributed by atoms with E-state index < -0.39 is 0 Å². The zero-order chi connectivity index (χ0) is 11.1. The lowest BCUT2D eigenvalue weighted by molar-refractivity contribution is 0.413. The number of methoxy groups -OCH3 is 1. The predicted octanol–water partition coefficient (Wildman–Crippen LogP) is 1.79. The second kappa shape index (κ2) is 3.49. The summed E-state index contributed by atoms with van der Waals surface area (Å²) in [7, 11) is 1.68. The van der Waals surface area contributed by atoms with Crippen LogP contribution in [0.1, 0.15) is 25.5 Å². The Hall–Kier alpha value is -1.09. The summed E-state index contributed by atoms with van der Waals surface area (Å²) in [6.45, 7) is 5.23. The molecule has 2 rings (SSSR count). The second-order valence-electron chi connectivity index (χ2n) is 4.76. The first kappa shape index (κ1) is 10.4. The summed E-state index contributed by atoms with van der Waals surface area (Å²) < 4.78 is 5.20. The molecule has 1 saturated carbocycles. The largest absolute Gasteiger partial charge is 0.497 e. The Morgan fingerprint density at radius 2 is 2.27 bits per heavy atom. The molecule has 2 N–H and O–H groups in total. The van der Waals surface area contributed by atoms with Crippen LogP contribution in [0.2, 0.25) is 0 Å². The average molecular weight is 206 g/mol. The second-order valence-corrected chi connectivity index (χ2v) is 4.76. The number of hydrogen-bond acceptors (Lipinski definition) is 3. The van der Waals surface area contributed by atoms with Gasteiger partial charge in [0.25, 0.3) is 0 Å². The molecule has 3 nitrogen and oxygen atoms in total. The molecule has 0 bridgehead atoms. The molecule has 1 aromatic rings. The highest BCUT2D eigenvalue weighted by Gasteiger charge is 2.58. The molecule has 0 amide bonds. The molecule has 0 aliphatic heterocycles. The van der Waals surface area contributed by atoms with E-state index in [2.05, 4.69) is 18.8 Å². The van der Waals surface area contributed by atoms with Gasteiger partial charge in [0.15, 0.2) is 0 Å². The van der Waals surface area contributed by atoms with E-state index in [1.54, 1.807) is 13.3 Å². The third-order valence-electron chi connectivity index (χ3n) is 3.61. The van der Waals surface area contributed by atoms with Crippen molar-refractivity contribution < 1.29 is 4.74 Å². The monoisotopic (exact) mass is 206 g/mol. The molecule has 0 aromatic carbocycles. The summed E-state index contributed by atoms with van der Waals surface area (Å²) in [5.41, 5.74) is 7.14. The molecule has 82 valence electrons. The van der Waals surface area contributed by atoms with Crippen LogP contribution in [0.15, 0.2) is 18.3 Å². The van der Waals surface area contributed by atoms with Gasteiger partial charge in [0.1, 0.15) is 5.75 Å². The molecule has 3 heteroatoms. The van der Waals surface area contributed by atoms with Crippen LogP contribution in [-0.2, 0) is 0 Å². The van der Waals surface area contributed by atoms with Gasteiger partial charge >= 0.3 is 0 Å². The number of pyridine rings is 1. The van der Waals surface area contributed by atoms with Crippen molar-refractivity contribution in [1.29, 1.82) is 0 Å². The lowest BCUT2D eigenvalue weighted by Gasteiger charge is -2.04. The van der Waals surface area contributed by atoms with Crippen molar-refractivity contribution in [1.82, 2.24) is 4.98 Å². The normalized spacial score (nSPS) is 27.5. The van der Waals surface area contributed by atoms with Gasteiger partial charge in [-0.15, -0.1) is 0 Å². The van der Waals surface area contributed by atoms with E-state index in [1.165, 1.54) is 0 Å². The number of rotatable bonds is 3. The van der Waals surface area contributed by atoms with Gasteiger partial charge in [-0.2, -0.15) is 0 Å². The zero-order valence-corrected chi connectivity index (χ0v) is 9.53. The fourth-order valence-electron chi connectivity index (χ4n) is 2.50. The van der Waals surface area contributed by atoms with Crippen LogP contribution in [-0.4, -0.2) is 18.6 Å². The van der Waals surface area contributed by atoms with Gasteiger partial charge in [-0.25, -0.2) is 0 Å². The van der Waals surface area contributed by atoms with Gasteiger partial charge in [0.05, 0.1) is 7.11 Å². The smallest absolute Gasteiger partial charge is 0.122 e. The Kier molecular flexibility index (Phi) is 2.43. The molecule has 0 unspecified atom stereocenters. The van der Waals surface area contributed by atoms with E-state index in [9.17, 15) is 0 Å². The number of ether oxygens (including phenoxy) is 1. The molecular weight excluding hydrogens is 188 g/mol. The minimum absolute atomic E-state index is 0.286. The van der Waals surface area contributed by atoms with E-state index in [4.69, 9.17) is 10.5 Å². The molecule has 0 radical (unpaired) electrons. The lowest BCUT2D eigenvalue weighted by atomic mass is 10.1. The van der Waals surface area contributed by atoms with Crippen LogP contribution in [0.4, 0.5) is 0 Å². The number of nitrogens with zero attached hydrogens (tertiary/aromatic N) is 1. The minimum Gasteiger partial charge on any atom is -0.497 e. The van der Waals surface area contributed by atoms with Crippen molar-refractivity contribution in [2.75, 3.05) is 13.7 Å². The summed E-state index contributed by atoms with van der Waals surface area (Å²) >= 11 is 0. The SMILES string of the molecule is COc1ccnc([C@@H]2[C@@H](CN)C2(C)C)c1. The molecule has 1 aliphatic carbocycles. The summed E-state index contributed by atoms with van der Waals surface area (Å²) in [6, 6.07) is 3.89.